The zero-order chi connectivity index (χ0) is 31.5. The monoisotopic (exact) mass is 618 g/mol. The van der Waals surface area contributed by atoms with Gasteiger partial charge in [0.15, 0.2) is 16.6 Å². The highest BCUT2D eigenvalue weighted by Gasteiger charge is 2.49. The van der Waals surface area contributed by atoms with Crippen molar-refractivity contribution in [3.63, 3.8) is 0 Å². The van der Waals surface area contributed by atoms with Crippen molar-refractivity contribution in [2.24, 2.45) is 0 Å². The van der Waals surface area contributed by atoms with Crippen molar-refractivity contribution in [3.8, 4) is 17.2 Å². The van der Waals surface area contributed by atoms with Gasteiger partial charge in [0.05, 0.1) is 30.5 Å². The highest BCUT2D eigenvalue weighted by molar-refractivity contribution is 7.17. The number of aryl methyl sites for hydroxylation is 1. The summed E-state index contributed by atoms with van der Waals surface area (Å²) < 4.78 is 22.7. The van der Waals surface area contributed by atoms with Crippen LogP contribution in [0.2, 0.25) is 0 Å². The Morgan fingerprint density at radius 3 is 2.70 bits per heavy atom. The molecule has 0 bridgehead atoms. The molecule has 2 aromatic carbocycles. The van der Waals surface area contributed by atoms with Gasteiger partial charge >= 0.3 is 11.9 Å². The van der Waals surface area contributed by atoms with Crippen LogP contribution in [0, 0.1) is 6.92 Å². The van der Waals surface area contributed by atoms with Gasteiger partial charge in [-0.25, -0.2) is 9.78 Å². The number of carbonyl (C=O) groups excluding carboxylic acids is 3. The maximum Gasteiger partial charge on any atom is 0.350 e. The summed E-state index contributed by atoms with van der Waals surface area (Å²) in [6.45, 7) is 11.8. The summed E-state index contributed by atoms with van der Waals surface area (Å²) in [4.78, 5) is 46.1. The lowest BCUT2D eigenvalue weighted by Gasteiger charge is -2.24. The number of benzene rings is 2. The predicted molar refractivity (Wildman–Crippen MR) is 166 cm³/mol. The van der Waals surface area contributed by atoms with Crippen molar-refractivity contribution in [2.75, 3.05) is 24.7 Å². The molecule has 0 saturated carbocycles. The zero-order valence-corrected chi connectivity index (χ0v) is 25.9. The lowest BCUT2D eigenvalue weighted by Crippen LogP contribution is -2.29. The summed E-state index contributed by atoms with van der Waals surface area (Å²) in [5, 5.41) is 11.8. The van der Waals surface area contributed by atoms with Gasteiger partial charge in [0, 0.05) is 12.0 Å². The first kappa shape index (κ1) is 30.8. The number of anilines is 1. The van der Waals surface area contributed by atoms with E-state index in [0.717, 1.165) is 23.3 Å². The van der Waals surface area contributed by atoms with Crippen LogP contribution in [-0.4, -0.2) is 53.7 Å². The average molecular weight is 619 g/mol. The minimum Gasteiger partial charge on any atom is -0.507 e. The summed E-state index contributed by atoms with van der Waals surface area (Å²) >= 11 is 0.931. The van der Waals surface area contributed by atoms with Crippen LogP contribution in [0.4, 0.5) is 5.13 Å². The molecule has 11 heteroatoms. The number of rotatable bonds is 11. The first-order valence-electron chi connectivity index (χ1n) is 14.4. The number of aliphatic hydroxyl groups is 1. The molecule has 44 heavy (non-hydrogen) atoms. The van der Waals surface area contributed by atoms with E-state index in [-0.39, 0.29) is 34.1 Å². The summed E-state index contributed by atoms with van der Waals surface area (Å²) in [5.41, 5.74) is 1.98. The van der Waals surface area contributed by atoms with E-state index in [1.54, 1.807) is 43.3 Å². The molecule has 0 radical (unpaired) electrons. The van der Waals surface area contributed by atoms with E-state index in [4.69, 9.17) is 18.9 Å². The minimum absolute atomic E-state index is 0.00722. The number of amides is 1. The number of hydrogen-bond donors (Lipinski definition) is 1. The second-order valence-electron chi connectivity index (χ2n) is 10.4. The van der Waals surface area contributed by atoms with Gasteiger partial charge < -0.3 is 24.1 Å². The summed E-state index contributed by atoms with van der Waals surface area (Å²) in [7, 11) is 0. The van der Waals surface area contributed by atoms with E-state index in [0.29, 0.717) is 53.7 Å². The standard InChI is InChI=1S/C33H34N2O8S/c1-6-13-41-24-12-9-20(17-25(24)40-8-3)27-26(28(36)21-10-11-23-22(16-21)15-18(4)43-23)29(37)31(38)35(27)33-34-19(5)30(44-33)32(39)42-14-7-2/h7,9-12,16-18,27,36H,2,6,8,13-15H2,1,3-5H3/t18-,27+/m0/s1. The topological polar surface area (TPSA) is 124 Å². The van der Waals surface area contributed by atoms with Crippen LogP contribution in [0.15, 0.2) is 54.6 Å². The lowest BCUT2D eigenvalue weighted by atomic mass is 9.94. The molecule has 5 rings (SSSR count). The summed E-state index contributed by atoms with van der Waals surface area (Å²) in [5.74, 6) is -1.07. The molecule has 0 aliphatic carbocycles. The Labute approximate surface area is 259 Å². The van der Waals surface area contributed by atoms with Crippen LogP contribution in [0.1, 0.15) is 65.3 Å². The second-order valence-corrected chi connectivity index (χ2v) is 11.4. The molecule has 0 unspecified atom stereocenters. The van der Waals surface area contributed by atoms with Crippen LogP contribution in [0.25, 0.3) is 5.76 Å². The van der Waals surface area contributed by atoms with Crippen molar-refractivity contribution in [2.45, 2.75) is 52.7 Å². The maximum absolute atomic E-state index is 13.7. The van der Waals surface area contributed by atoms with Crippen LogP contribution < -0.4 is 19.1 Å². The number of ether oxygens (including phenoxy) is 4. The van der Waals surface area contributed by atoms with Crippen molar-refractivity contribution >= 4 is 39.9 Å². The van der Waals surface area contributed by atoms with Gasteiger partial charge in [-0.3, -0.25) is 14.5 Å². The smallest absolute Gasteiger partial charge is 0.350 e. The number of nitrogens with zero attached hydrogens (tertiary/aromatic N) is 2. The molecule has 1 fully saturated rings. The quantitative estimate of drug-likeness (QED) is 0.0915. The lowest BCUT2D eigenvalue weighted by molar-refractivity contribution is -0.132. The van der Waals surface area contributed by atoms with Gasteiger partial charge in [-0.2, -0.15) is 0 Å². The Morgan fingerprint density at radius 2 is 1.98 bits per heavy atom. The number of fused-ring (bicyclic) bond motifs is 1. The van der Waals surface area contributed by atoms with Crippen molar-refractivity contribution in [1.29, 1.82) is 0 Å². The first-order chi connectivity index (χ1) is 21.2. The number of Topliss-reactive ketones (excluding diaryl/α,β-unsaturated/α-hetero) is 1. The number of thiazole rings is 1. The van der Waals surface area contributed by atoms with Crippen molar-refractivity contribution < 1.29 is 38.4 Å². The number of ketones is 1. The molecule has 3 heterocycles. The zero-order valence-electron chi connectivity index (χ0n) is 25.0. The van der Waals surface area contributed by atoms with Gasteiger partial charge in [0.25, 0.3) is 5.78 Å². The molecule has 1 N–H and O–H groups in total. The summed E-state index contributed by atoms with van der Waals surface area (Å²) in [6, 6.07) is 9.23. The average Bonchev–Trinajstić information content (AvgIpc) is 3.66. The van der Waals surface area contributed by atoms with E-state index in [2.05, 4.69) is 11.6 Å². The molecule has 10 nitrogen and oxygen atoms in total. The Bertz CT molecular complexity index is 1660. The fraction of sp³-hybridized carbons (Fsp3) is 0.333. The molecule has 2 atom stereocenters. The van der Waals surface area contributed by atoms with Crippen LogP contribution in [-0.2, 0) is 20.7 Å². The molecular formula is C33H34N2O8S. The van der Waals surface area contributed by atoms with Crippen LogP contribution in [0.5, 0.6) is 17.2 Å². The SMILES string of the molecule is C=CCOC(=O)c1sc(N2C(=O)C(=O)C(=C(O)c3ccc4c(c3)C[C@H](C)O4)[C@H]2c2ccc(OCCC)c(OCC)c2)nc1C. The van der Waals surface area contributed by atoms with E-state index in [1.807, 2.05) is 20.8 Å². The van der Waals surface area contributed by atoms with Gasteiger partial charge in [-0.05, 0) is 68.7 Å². The van der Waals surface area contributed by atoms with Gasteiger partial charge in [0.2, 0.25) is 0 Å². The molecule has 1 amide bonds. The van der Waals surface area contributed by atoms with E-state index >= 15 is 0 Å². The fourth-order valence-electron chi connectivity index (χ4n) is 5.24. The summed E-state index contributed by atoms with van der Waals surface area (Å²) in [6.07, 6.45) is 2.87. The van der Waals surface area contributed by atoms with Gasteiger partial charge in [-0.1, -0.05) is 37.0 Å². The normalized spacial score (nSPS) is 18.6. The first-order valence-corrected chi connectivity index (χ1v) is 15.3. The third-order valence-electron chi connectivity index (χ3n) is 7.17. The molecule has 0 spiro atoms. The third-order valence-corrected chi connectivity index (χ3v) is 8.30. The number of aliphatic hydroxyl groups excluding tert-OH is 1. The molecular weight excluding hydrogens is 584 g/mol. The predicted octanol–water partition coefficient (Wildman–Crippen LogP) is 5.93. The van der Waals surface area contributed by atoms with Gasteiger partial charge in [0.1, 0.15) is 29.1 Å². The minimum atomic E-state index is -1.08. The Morgan fingerprint density at radius 1 is 1.18 bits per heavy atom. The highest BCUT2D eigenvalue weighted by atomic mass is 32.1. The largest absolute Gasteiger partial charge is 0.507 e. The van der Waals surface area contributed by atoms with Crippen molar-refractivity contribution in [3.05, 3.63) is 81.9 Å². The Balaban J connectivity index is 1.67. The fourth-order valence-corrected chi connectivity index (χ4v) is 6.23. The van der Waals surface area contributed by atoms with Gasteiger partial charge in [-0.15, -0.1) is 0 Å². The molecule has 2 aliphatic heterocycles. The number of hydrogen-bond acceptors (Lipinski definition) is 10. The molecule has 2 aliphatic rings. The maximum atomic E-state index is 13.7. The van der Waals surface area contributed by atoms with E-state index in [9.17, 15) is 19.5 Å². The number of aromatic nitrogens is 1. The molecule has 3 aromatic rings. The molecule has 1 saturated heterocycles. The third kappa shape index (κ3) is 5.79. The van der Waals surface area contributed by atoms with E-state index in [1.165, 1.54) is 11.0 Å². The van der Waals surface area contributed by atoms with E-state index < -0.39 is 23.7 Å². The van der Waals surface area contributed by atoms with Crippen LogP contribution in [0.3, 0.4) is 0 Å². The number of carbonyl (C=O) groups is 3. The number of esters is 1. The molecule has 1 aromatic heterocycles. The second kappa shape index (κ2) is 12.9. The van der Waals surface area contributed by atoms with Crippen molar-refractivity contribution in [1.82, 2.24) is 4.98 Å². The highest BCUT2D eigenvalue weighted by Crippen LogP contribution is 2.46. The van der Waals surface area contributed by atoms with Crippen LogP contribution >= 0.6 is 11.3 Å². The Kier molecular flexibility index (Phi) is 9.05. The molecule has 230 valence electrons. The Hall–Kier alpha value is -4.64.